The van der Waals surface area contributed by atoms with Crippen molar-refractivity contribution in [3.8, 4) is 11.4 Å². The molecule has 1 aliphatic carbocycles. The third-order valence-electron chi connectivity index (χ3n) is 6.91. The van der Waals surface area contributed by atoms with Gasteiger partial charge in [0.1, 0.15) is 11.9 Å². The molecule has 5 rings (SSSR count). The van der Waals surface area contributed by atoms with Gasteiger partial charge in [-0.2, -0.15) is 4.98 Å². The lowest BCUT2D eigenvalue weighted by Gasteiger charge is -2.52. The second kappa shape index (κ2) is 8.08. The minimum atomic E-state index is -0.587. The number of rotatable bonds is 5. The Morgan fingerprint density at radius 3 is 2.91 bits per heavy atom. The van der Waals surface area contributed by atoms with Crippen molar-refractivity contribution in [3.05, 3.63) is 41.3 Å². The first-order valence-electron chi connectivity index (χ1n) is 11.0. The van der Waals surface area contributed by atoms with E-state index in [0.29, 0.717) is 26.3 Å². The average Bonchev–Trinajstić information content (AvgIpc) is 3.49. The summed E-state index contributed by atoms with van der Waals surface area (Å²) in [7, 11) is 0. The van der Waals surface area contributed by atoms with Crippen molar-refractivity contribution in [2.45, 2.75) is 39.1 Å². The highest BCUT2D eigenvalue weighted by Crippen LogP contribution is 2.61. The van der Waals surface area contributed by atoms with Crippen LogP contribution < -0.4 is 0 Å². The van der Waals surface area contributed by atoms with Gasteiger partial charge < -0.3 is 23.6 Å². The normalized spacial score (nSPS) is 28.7. The highest BCUT2D eigenvalue weighted by molar-refractivity contribution is 5.68. The van der Waals surface area contributed by atoms with Gasteiger partial charge in [0.15, 0.2) is 5.69 Å². The maximum atomic E-state index is 14.3. The number of benzene rings is 1. The lowest BCUT2D eigenvalue weighted by Crippen LogP contribution is -2.60. The van der Waals surface area contributed by atoms with Crippen LogP contribution in [0.1, 0.15) is 32.8 Å². The number of ether oxygens (including phenoxy) is 3. The number of aromatic nitrogens is 2. The Labute approximate surface area is 190 Å². The molecule has 0 radical (unpaired) electrons. The van der Waals surface area contributed by atoms with Gasteiger partial charge in [-0.3, -0.25) is 0 Å². The Bertz CT molecular complexity index is 1110. The predicted molar refractivity (Wildman–Crippen MR) is 113 cm³/mol. The molecular weight excluding hydrogens is 431 g/mol. The largest absolute Gasteiger partial charge is 0.447 e. The number of carbonyl (C=O) groups is 1. The fraction of sp³-hybridized carbons (Fsp3) is 0.565. The van der Waals surface area contributed by atoms with Crippen LogP contribution in [-0.4, -0.2) is 59.6 Å². The summed E-state index contributed by atoms with van der Waals surface area (Å²) in [5, 5.41) is 3.89. The van der Waals surface area contributed by atoms with Crippen LogP contribution >= 0.6 is 0 Å². The summed E-state index contributed by atoms with van der Waals surface area (Å²) < 4.78 is 37.2. The SMILES string of the molecule is [C-]#[N+]c1ccc(-c2noc([C@@H](C)O[C@@H]3C4COCC45CN(C(=O)OC(C)C)CC35)n2)c(F)c1. The number of nitrogens with zero attached hydrogens (tertiary/aromatic N) is 4. The van der Waals surface area contributed by atoms with Crippen molar-refractivity contribution in [2.75, 3.05) is 26.3 Å². The maximum absolute atomic E-state index is 14.3. The number of hydrogen-bond donors (Lipinski definition) is 0. The van der Waals surface area contributed by atoms with E-state index in [1.165, 1.54) is 12.1 Å². The second-order valence-electron chi connectivity index (χ2n) is 9.25. The summed E-state index contributed by atoms with van der Waals surface area (Å²) in [4.78, 5) is 21.7. The van der Waals surface area contributed by atoms with E-state index in [1.54, 1.807) is 4.90 Å². The summed E-state index contributed by atoms with van der Waals surface area (Å²) >= 11 is 0. The van der Waals surface area contributed by atoms with Crippen LogP contribution in [0.25, 0.3) is 16.2 Å². The molecule has 10 heteroatoms. The highest BCUT2D eigenvalue weighted by atomic mass is 19.1. The summed E-state index contributed by atoms with van der Waals surface area (Å²) in [6, 6.07) is 4.11. The molecule has 1 spiro atoms. The van der Waals surface area contributed by atoms with Crippen LogP contribution in [0.15, 0.2) is 22.7 Å². The quantitative estimate of drug-likeness (QED) is 0.628. The van der Waals surface area contributed by atoms with Gasteiger partial charge in [-0.05, 0) is 26.8 Å². The summed E-state index contributed by atoms with van der Waals surface area (Å²) in [5.41, 5.74) is 0.257. The third kappa shape index (κ3) is 3.56. The molecule has 3 fully saturated rings. The monoisotopic (exact) mass is 456 g/mol. The van der Waals surface area contributed by atoms with E-state index in [2.05, 4.69) is 15.0 Å². The zero-order valence-electron chi connectivity index (χ0n) is 18.7. The molecule has 0 N–H and O–H groups in total. The molecule has 174 valence electrons. The van der Waals surface area contributed by atoms with Crippen molar-refractivity contribution < 1.29 is 27.9 Å². The number of carbonyl (C=O) groups excluding carboxylic acids is 1. The fourth-order valence-corrected chi connectivity index (χ4v) is 5.33. The van der Waals surface area contributed by atoms with Crippen LogP contribution in [0.2, 0.25) is 0 Å². The highest BCUT2D eigenvalue weighted by Gasteiger charge is 2.70. The Kier molecular flexibility index (Phi) is 5.34. The maximum Gasteiger partial charge on any atom is 0.410 e. The molecule has 3 aliphatic rings. The number of halogens is 1. The first-order chi connectivity index (χ1) is 15.8. The fourth-order valence-electron chi connectivity index (χ4n) is 5.33. The lowest BCUT2D eigenvalue weighted by atomic mass is 9.54. The molecule has 2 aliphatic heterocycles. The Morgan fingerprint density at radius 1 is 1.36 bits per heavy atom. The zero-order valence-corrected chi connectivity index (χ0v) is 18.7. The smallest absolute Gasteiger partial charge is 0.410 e. The molecule has 1 aromatic carbocycles. The molecule has 2 saturated heterocycles. The van der Waals surface area contributed by atoms with Crippen molar-refractivity contribution in [2.24, 2.45) is 17.3 Å². The van der Waals surface area contributed by atoms with E-state index < -0.39 is 11.9 Å². The Morgan fingerprint density at radius 2 is 2.18 bits per heavy atom. The topological polar surface area (TPSA) is 91.3 Å². The van der Waals surface area contributed by atoms with Gasteiger partial charge in [0.2, 0.25) is 5.82 Å². The third-order valence-corrected chi connectivity index (χ3v) is 6.91. The number of hydrogen-bond acceptors (Lipinski definition) is 7. The van der Waals surface area contributed by atoms with Crippen LogP contribution in [0, 0.1) is 29.6 Å². The molecule has 9 nitrogen and oxygen atoms in total. The molecule has 2 aromatic rings. The van der Waals surface area contributed by atoms with E-state index in [0.717, 1.165) is 6.07 Å². The second-order valence-corrected chi connectivity index (χ2v) is 9.25. The molecule has 3 heterocycles. The van der Waals surface area contributed by atoms with Crippen molar-refractivity contribution in [1.29, 1.82) is 0 Å². The van der Waals surface area contributed by atoms with Crippen molar-refractivity contribution in [3.63, 3.8) is 0 Å². The molecule has 0 bridgehead atoms. The van der Waals surface area contributed by atoms with Gasteiger partial charge in [-0.1, -0.05) is 17.3 Å². The van der Waals surface area contributed by atoms with E-state index in [4.69, 9.17) is 25.3 Å². The van der Waals surface area contributed by atoms with Gasteiger partial charge >= 0.3 is 6.09 Å². The van der Waals surface area contributed by atoms with Crippen molar-refractivity contribution in [1.82, 2.24) is 15.0 Å². The van der Waals surface area contributed by atoms with E-state index in [9.17, 15) is 9.18 Å². The van der Waals surface area contributed by atoms with Crippen LogP contribution in [0.3, 0.4) is 0 Å². The van der Waals surface area contributed by atoms with Gasteiger partial charge in [-0.15, -0.1) is 0 Å². The molecule has 1 saturated carbocycles. The predicted octanol–water partition coefficient (Wildman–Crippen LogP) is 4.00. The van der Waals surface area contributed by atoms with Crippen LogP contribution in [0.5, 0.6) is 0 Å². The first-order valence-corrected chi connectivity index (χ1v) is 11.0. The summed E-state index contributed by atoms with van der Waals surface area (Å²) in [5.74, 6) is 0.0563. The zero-order chi connectivity index (χ0) is 23.3. The molecule has 3 unspecified atom stereocenters. The van der Waals surface area contributed by atoms with Crippen LogP contribution in [0.4, 0.5) is 14.9 Å². The molecule has 33 heavy (non-hydrogen) atoms. The number of amides is 1. The molecular formula is C23H25FN4O5. The minimum Gasteiger partial charge on any atom is -0.447 e. The Hall–Kier alpha value is -3.03. The molecule has 1 amide bonds. The van der Waals surface area contributed by atoms with Crippen LogP contribution in [-0.2, 0) is 14.2 Å². The van der Waals surface area contributed by atoms with E-state index in [1.807, 2.05) is 20.8 Å². The lowest BCUT2D eigenvalue weighted by molar-refractivity contribution is -0.179. The van der Waals surface area contributed by atoms with E-state index in [-0.39, 0.29) is 58.5 Å². The van der Waals surface area contributed by atoms with Gasteiger partial charge in [0.25, 0.3) is 5.89 Å². The van der Waals surface area contributed by atoms with Gasteiger partial charge in [-0.25, -0.2) is 14.0 Å². The first kappa shape index (κ1) is 21.8. The average molecular weight is 456 g/mol. The standard InChI is InChI=1S/C23H25FN4O5/c1-12(2)31-22(29)28-8-16-19(17-9-30-11-23(16,17)10-28)32-13(3)21-26-20(27-33-21)15-6-5-14(25-4)7-18(15)24/h5-7,12-13,16-17,19H,8-11H2,1-3H3/t13-,16?,17?,19+,23?/m1/s1. The van der Waals surface area contributed by atoms with Gasteiger partial charge in [0.05, 0.1) is 37.6 Å². The number of likely N-dealkylation sites (tertiary alicyclic amines) is 1. The van der Waals surface area contributed by atoms with E-state index >= 15 is 0 Å². The molecule has 5 atom stereocenters. The molecule has 1 aromatic heterocycles. The summed E-state index contributed by atoms with van der Waals surface area (Å²) in [6.07, 6.45) is -1.12. The Balaban J connectivity index is 1.29. The summed E-state index contributed by atoms with van der Waals surface area (Å²) in [6.45, 7) is 14.8. The minimum absolute atomic E-state index is 0.102. The van der Waals surface area contributed by atoms with Gasteiger partial charge in [0, 0.05) is 30.3 Å². The van der Waals surface area contributed by atoms with Crippen molar-refractivity contribution >= 4 is 11.8 Å².